The Balaban J connectivity index is 0.00000121. The van der Waals surface area contributed by atoms with Gasteiger partial charge >= 0.3 is 5.97 Å². The number of thiazole rings is 1. The number of amidine groups is 1. The first-order valence-electron chi connectivity index (χ1n) is 11.1. The van der Waals surface area contributed by atoms with Crippen LogP contribution in [-0.4, -0.2) is 63.4 Å². The van der Waals surface area contributed by atoms with Crippen LogP contribution in [0.5, 0.6) is 0 Å². The first kappa shape index (κ1) is 28.4. The molecular formula is C24H24ClF3N4O4S. The van der Waals surface area contributed by atoms with E-state index >= 15 is 0 Å². The van der Waals surface area contributed by atoms with Gasteiger partial charge in [0.25, 0.3) is 12.4 Å². The van der Waals surface area contributed by atoms with E-state index in [1.807, 2.05) is 6.92 Å². The van der Waals surface area contributed by atoms with E-state index < -0.39 is 42.8 Å². The summed E-state index contributed by atoms with van der Waals surface area (Å²) in [6, 6.07) is 2.81. The van der Waals surface area contributed by atoms with E-state index in [4.69, 9.17) is 31.6 Å². The van der Waals surface area contributed by atoms with Gasteiger partial charge in [-0.2, -0.15) is 0 Å². The average Bonchev–Trinajstić information content (AvgIpc) is 3.45. The zero-order valence-electron chi connectivity index (χ0n) is 19.6. The number of rotatable bonds is 7. The number of alkyl halides is 2. The highest BCUT2D eigenvalue weighted by Crippen LogP contribution is 2.39. The molecule has 0 radical (unpaired) electrons. The minimum atomic E-state index is -2.94. The summed E-state index contributed by atoms with van der Waals surface area (Å²) in [5, 5.41) is 21.7. The summed E-state index contributed by atoms with van der Waals surface area (Å²) < 4.78 is 42.3. The molecule has 2 aromatic rings. The fraction of sp³-hybridized carbons (Fsp3) is 0.333. The van der Waals surface area contributed by atoms with E-state index in [2.05, 4.69) is 10.3 Å². The second-order valence-electron chi connectivity index (χ2n) is 8.20. The topological polar surface area (TPSA) is 115 Å². The normalized spacial score (nSPS) is 21.3. The smallest absolute Gasteiger partial charge is 0.328 e. The predicted octanol–water partition coefficient (Wildman–Crippen LogP) is 4.74. The van der Waals surface area contributed by atoms with Gasteiger partial charge in [0, 0.05) is 47.4 Å². The fourth-order valence-corrected chi connectivity index (χ4v) is 5.14. The minimum absolute atomic E-state index is 0.118. The van der Waals surface area contributed by atoms with Crippen molar-refractivity contribution in [1.29, 1.82) is 0 Å². The molecule has 13 heteroatoms. The second-order valence-corrected chi connectivity index (χ2v) is 9.50. The highest BCUT2D eigenvalue weighted by Gasteiger charge is 2.44. The summed E-state index contributed by atoms with van der Waals surface area (Å²) in [6.45, 7) is 1.29. The summed E-state index contributed by atoms with van der Waals surface area (Å²) in [4.78, 5) is 30.0. The average molecular weight is 557 g/mol. The van der Waals surface area contributed by atoms with Crippen molar-refractivity contribution in [2.75, 3.05) is 13.1 Å². The van der Waals surface area contributed by atoms with Gasteiger partial charge in [-0.05, 0) is 29.7 Å². The molecule has 1 fully saturated rings. The maximum absolute atomic E-state index is 14.3. The van der Waals surface area contributed by atoms with Crippen molar-refractivity contribution >= 4 is 41.2 Å². The van der Waals surface area contributed by atoms with Crippen molar-refractivity contribution in [3.63, 3.8) is 0 Å². The van der Waals surface area contributed by atoms with Crippen molar-refractivity contribution < 1.29 is 33.0 Å². The lowest BCUT2D eigenvalue weighted by Gasteiger charge is -2.31. The third-order valence-electron chi connectivity index (χ3n) is 5.75. The molecule has 0 spiro atoms. The van der Waals surface area contributed by atoms with Gasteiger partial charge in [-0.1, -0.05) is 30.7 Å². The second kappa shape index (κ2) is 12.3. The number of nitrogens with zero attached hydrogens (tertiary/aromatic N) is 3. The molecule has 1 aromatic carbocycles. The number of hydrogen-bond acceptors (Lipinski definition) is 7. The number of aliphatic imine (C=N–C) groups is 1. The number of carbonyl (C=O) groups is 2. The molecule has 1 aromatic heterocycles. The Kier molecular flexibility index (Phi) is 9.46. The number of aromatic nitrogens is 1. The molecule has 2 atom stereocenters. The Hall–Kier alpha value is -3.22. The SMILES string of the molecule is CCC1=C(CN2CC(F)(F)CC2/C=C/C(=O)O)NC(c2nccs2)=N[C@H]1c1ccc(F)cc1Cl.O=CO. The van der Waals surface area contributed by atoms with E-state index in [9.17, 15) is 18.0 Å². The number of carboxylic acids is 1. The number of likely N-dealkylation sites (tertiary alicyclic amines) is 1. The molecule has 0 aliphatic carbocycles. The van der Waals surface area contributed by atoms with Crippen LogP contribution in [0, 0.1) is 5.82 Å². The molecule has 2 aliphatic rings. The van der Waals surface area contributed by atoms with Gasteiger partial charge in [-0.3, -0.25) is 14.7 Å². The van der Waals surface area contributed by atoms with Gasteiger partial charge in [0.05, 0.1) is 6.54 Å². The van der Waals surface area contributed by atoms with Crippen LogP contribution in [0.2, 0.25) is 5.02 Å². The van der Waals surface area contributed by atoms with Crippen molar-refractivity contribution in [1.82, 2.24) is 15.2 Å². The maximum Gasteiger partial charge on any atom is 0.328 e. The maximum atomic E-state index is 14.3. The minimum Gasteiger partial charge on any atom is -0.483 e. The molecule has 8 nitrogen and oxygen atoms in total. The van der Waals surface area contributed by atoms with Crippen LogP contribution in [0.15, 0.2) is 58.2 Å². The van der Waals surface area contributed by atoms with Crippen LogP contribution in [0.4, 0.5) is 13.2 Å². The van der Waals surface area contributed by atoms with Crippen molar-refractivity contribution in [2.24, 2.45) is 4.99 Å². The fourth-order valence-electron chi connectivity index (χ4n) is 4.28. The number of nitrogens with one attached hydrogen (secondary N) is 1. The first-order chi connectivity index (χ1) is 17.6. The lowest BCUT2D eigenvalue weighted by Crippen LogP contribution is -2.40. The number of hydrogen-bond donors (Lipinski definition) is 3. The first-order valence-corrected chi connectivity index (χ1v) is 12.4. The van der Waals surface area contributed by atoms with Crippen LogP contribution < -0.4 is 5.32 Å². The molecule has 0 saturated carbocycles. The third-order valence-corrected chi connectivity index (χ3v) is 6.86. The van der Waals surface area contributed by atoms with Gasteiger partial charge in [0.15, 0.2) is 10.8 Å². The van der Waals surface area contributed by atoms with Gasteiger partial charge in [-0.25, -0.2) is 22.9 Å². The predicted molar refractivity (Wildman–Crippen MR) is 134 cm³/mol. The highest BCUT2D eigenvalue weighted by molar-refractivity contribution is 7.11. The summed E-state index contributed by atoms with van der Waals surface area (Å²) >= 11 is 7.74. The molecule has 3 heterocycles. The Morgan fingerprint density at radius 1 is 1.41 bits per heavy atom. The zero-order chi connectivity index (χ0) is 27.2. The van der Waals surface area contributed by atoms with Crippen molar-refractivity contribution in [3.8, 4) is 0 Å². The number of benzene rings is 1. The lowest BCUT2D eigenvalue weighted by atomic mass is 9.93. The van der Waals surface area contributed by atoms with Gasteiger partial charge in [-0.15, -0.1) is 11.3 Å². The van der Waals surface area contributed by atoms with Gasteiger partial charge in [0.1, 0.15) is 11.9 Å². The summed E-state index contributed by atoms with van der Waals surface area (Å²) in [6.07, 6.45) is 3.90. The van der Waals surface area contributed by atoms with Crippen molar-refractivity contribution in [2.45, 2.75) is 37.8 Å². The molecule has 0 bridgehead atoms. The zero-order valence-corrected chi connectivity index (χ0v) is 21.1. The number of carboxylic acid groups (broad SMARTS) is 2. The monoisotopic (exact) mass is 556 g/mol. The van der Waals surface area contributed by atoms with E-state index in [0.717, 1.165) is 11.6 Å². The number of halogens is 4. The quantitative estimate of drug-likeness (QED) is 0.333. The van der Waals surface area contributed by atoms with Gasteiger partial charge < -0.3 is 15.5 Å². The van der Waals surface area contributed by atoms with Crippen LogP contribution in [0.25, 0.3) is 0 Å². The van der Waals surface area contributed by atoms with Gasteiger partial charge in [0.2, 0.25) is 0 Å². The molecule has 0 amide bonds. The van der Waals surface area contributed by atoms with Crippen molar-refractivity contribution in [3.05, 3.63) is 74.6 Å². The molecular weight excluding hydrogens is 533 g/mol. The molecule has 3 N–H and O–H groups in total. The van der Waals surface area contributed by atoms with E-state index in [-0.39, 0.29) is 18.0 Å². The van der Waals surface area contributed by atoms with E-state index in [1.165, 1.54) is 29.5 Å². The standard InChI is InChI=1S/C23H22ClF3N4O2S.CH2O2/c1-2-15-18(11-31-12-23(26,27)10-14(31)4-6-19(32)33)29-21(22-28-7-8-34-22)30-20(15)16-5-3-13(25)9-17(16)24;2-1-3/h3-9,14,20H,2,10-12H2,1H3,(H,29,30)(H,32,33);1H,(H,2,3)/b6-4+;/t14?,20-;/m1./s1. The Bertz CT molecular complexity index is 1220. The molecule has 4 rings (SSSR count). The molecule has 198 valence electrons. The molecule has 37 heavy (non-hydrogen) atoms. The lowest BCUT2D eigenvalue weighted by molar-refractivity contribution is -0.131. The van der Waals surface area contributed by atoms with E-state index in [1.54, 1.807) is 22.5 Å². The summed E-state index contributed by atoms with van der Waals surface area (Å²) in [5.41, 5.74) is 2.09. The molecule has 1 unspecified atom stereocenters. The van der Waals surface area contributed by atoms with Crippen LogP contribution in [0.1, 0.15) is 36.4 Å². The number of aliphatic carboxylic acids is 1. The Morgan fingerprint density at radius 2 is 2.14 bits per heavy atom. The Morgan fingerprint density at radius 3 is 2.73 bits per heavy atom. The van der Waals surface area contributed by atoms with Crippen LogP contribution >= 0.6 is 22.9 Å². The molecule has 2 aliphatic heterocycles. The highest BCUT2D eigenvalue weighted by atomic mass is 35.5. The largest absolute Gasteiger partial charge is 0.483 e. The summed E-state index contributed by atoms with van der Waals surface area (Å²) in [5.74, 6) is -4.14. The molecule has 1 saturated heterocycles. The van der Waals surface area contributed by atoms with Crippen LogP contribution in [0.3, 0.4) is 0 Å². The Labute approximate surface area is 219 Å². The summed E-state index contributed by atoms with van der Waals surface area (Å²) in [7, 11) is 0. The van der Waals surface area contributed by atoms with E-state index in [0.29, 0.717) is 28.5 Å². The van der Waals surface area contributed by atoms with Crippen LogP contribution in [-0.2, 0) is 9.59 Å². The third kappa shape index (κ3) is 7.18.